The second kappa shape index (κ2) is 9.04. The zero-order valence-corrected chi connectivity index (χ0v) is 17.0. The monoisotopic (exact) mass is 424 g/mol. The number of fused-ring (bicyclic) bond motifs is 1. The zero-order valence-electron chi connectivity index (χ0n) is 17.0. The first-order chi connectivity index (χ1) is 15.0. The van der Waals surface area contributed by atoms with Crippen molar-refractivity contribution in [3.05, 3.63) is 52.6 Å². The Hall–Kier alpha value is -3.60. The molecule has 3 heterocycles. The molecule has 0 aliphatic carbocycles. The van der Waals surface area contributed by atoms with Gasteiger partial charge in [-0.05, 0) is 37.9 Å². The Kier molecular flexibility index (Phi) is 6.03. The van der Waals surface area contributed by atoms with Gasteiger partial charge in [0.15, 0.2) is 11.5 Å². The van der Waals surface area contributed by atoms with Crippen LogP contribution in [0.1, 0.15) is 29.6 Å². The molecule has 3 N–H and O–H groups in total. The summed E-state index contributed by atoms with van der Waals surface area (Å²) in [4.78, 5) is 37.5. The number of nitrogens with two attached hydrogens (primary N) is 1. The van der Waals surface area contributed by atoms with E-state index in [9.17, 15) is 14.9 Å². The number of aromatic nitrogens is 4. The number of rotatable bonds is 7. The van der Waals surface area contributed by atoms with Crippen LogP contribution >= 0.6 is 0 Å². The van der Waals surface area contributed by atoms with Crippen molar-refractivity contribution in [3.8, 4) is 0 Å². The van der Waals surface area contributed by atoms with Crippen LogP contribution < -0.4 is 11.1 Å². The van der Waals surface area contributed by atoms with Crippen LogP contribution in [0.2, 0.25) is 0 Å². The van der Waals surface area contributed by atoms with E-state index in [1.54, 1.807) is 6.33 Å². The minimum Gasteiger partial charge on any atom is -0.382 e. The number of nitrogen functional groups attached to an aromatic ring is 1. The number of hydrogen-bond acceptors (Lipinski definition) is 8. The molecule has 11 nitrogen and oxygen atoms in total. The molecule has 0 saturated carbocycles. The summed E-state index contributed by atoms with van der Waals surface area (Å²) in [5.41, 5.74) is 7.62. The number of carbonyl (C=O) groups excluding carboxylic acids is 1. The Morgan fingerprint density at radius 2 is 1.90 bits per heavy atom. The van der Waals surface area contributed by atoms with Crippen LogP contribution in [0.4, 0.5) is 11.5 Å². The average Bonchev–Trinajstić information content (AvgIpc) is 3.19. The van der Waals surface area contributed by atoms with Gasteiger partial charge in [0, 0.05) is 43.4 Å². The van der Waals surface area contributed by atoms with E-state index in [1.165, 1.54) is 30.6 Å². The maximum absolute atomic E-state index is 12.4. The molecule has 0 atom stereocenters. The maximum atomic E-state index is 12.4. The van der Waals surface area contributed by atoms with Crippen LogP contribution in [0.15, 0.2) is 36.9 Å². The lowest BCUT2D eigenvalue weighted by atomic mass is 10.0. The number of imidazole rings is 1. The molecule has 1 saturated heterocycles. The van der Waals surface area contributed by atoms with E-state index in [-0.39, 0.29) is 17.6 Å². The van der Waals surface area contributed by atoms with Crippen LogP contribution in [0.3, 0.4) is 0 Å². The van der Waals surface area contributed by atoms with E-state index in [1.807, 2.05) is 4.57 Å². The smallest absolute Gasteiger partial charge is 0.269 e. The number of benzene rings is 1. The molecule has 2 aromatic heterocycles. The van der Waals surface area contributed by atoms with Crippen LogP contribution in [0, 0.1) is 10.1 Å². The molecule has 162 valence electrons. The zero-order chi connectivity index (χ0) is 21.8. The topological polar surface area (TPSA) is 145 Å². The van der Waals surface area contributed by atoms with Gasteiger partial charge < -0.3 is 20.5 Å². The summed E-state index contributed by atoms with van der Waals surface area (Å²) in [5, 5.41) is 13.8. The lowest BCUT2D eigenvalue weighted by Crippen LogP contribution is -2.44. The molecule has 0 spiro atoms. The molecule has 31 heavy (non-hydrogen) atoms. The summed E-state index contributed by atoms with van der Waals surface area (Å²) in [6.45, 7) is 3.56. The predicted octanol–water partition coefficient (Wildman–Crippen LogP) is 1.60. The molecule has 1 aliphatic heterocycles. The molecule has 4 rings (SSSR count). The minimum absolute atomic E-state index is 0.0236. The van der Waals surface area contributed by atoms with Gasteiger partial charge in [0.1, 0.15) is 11.8 Å². The van der Waals surface area contributed by atoms with Crippen LogP contribution in [-0.4, -0.2) is 60.9 Å². The van der Waals surface area contributed by atoms with E-state index >= 15 is 0 Å². The third kappa shape index (κ3) is 4.77. The van der Waals surface area contributed by atoms with Gasteiger partial charge in [-0.25, -0.2) is 15.0 Å². The number of nitrogens with one attached hydrogen (secondary N) is 1. The Morgan fingerprint density at radius 1 is 1.16 bits per heavy atom. The van der Waals surface area contributed by atoms with Crippen molar-refractivity contribution in [3.63, 3.8) is 0 Å². The van der Waals surface area contributed by atoms with Crippen LogP contribution in [0.25, 0.3) is 11.2 Å². The lowest BCUT2D eigenvalue weighted by molar-refractivity contribution is -0.384. The number of nitrogens with zero attached hydrogens (tertiary/aromatic N) is 6. The number of amides is 1. The van der Waals surface area contributed by atoms with Gasteiger partial charge >= 0.3 is 0 Å². The fraction of sp³-hybridized carbons (Fsp3) is 0.400. The largest absolute Gasteiger partial charge is 0.382 e. The molecule has 0 radical (unpaired) electrons. The Morgan fingerprint density at radius 3 is 2.61 bits per heavy atom. The Labute approximate surface area is 178 Å². The van der Waals surface area contributed by atoms with Crippen molar-refractivity contribution in [1.29, 1.82) is 0 Å². The van der Waals surface area contributed by atoms with Crippen molar-refractivity contribution >= 4 is 28.6 Å². The molecular weight excluding hydrogens is 400 g/mol. The summed E-state index contributed by atoms with van der Waals surface area (Å²) in [6, 6.07) is 5.78. The number of aryl methyl sites for hydroxylation is 1. The van der Waals surface area contributed by atoms with Gasteiger partial charge in [0.2, 0.25) is 0 Å². The van der Waals surface area contributed by atoms with E-state index in [0.29, 0.717) is 16.9 Å². The highest BCUT2D eigenvalue weighted by Crippen LogP contribution is 2.16. The first kappa shape index (κ1) is 20.7. The fourth-order valence-corrected chi connectivity index (χ4v) is 3.83. The highest BCUT2D eigenvalue weighted by Gasteiger charge is 2.21. The summed E-state index contributed by atoms with van der Waals surface area (Å²) < 4.78 is 1.99. The molecule has 1 amide bonds. The second-order valence-corrected chi connectivity index (χ2v) is 7.62. The molecule has 11 heteroatoms. The number of nitro benzene ring substituents is 1. The first-order valence-corrected chi connectivity index (χ1v) is 10.2. The van der Waals surface area contributed by atoms with E-state index < -0.39 is 4.92 Å². The summed E-state index contributed by atoms with van der Waals surface area (Å²) in [6.07, 6.45) is 5.89. The van der Waals surface area contributed by atoms with Gasteiger partial charge in [-0.15, -0.1) is 0 Å². The fourth-order valence-electron chi connectivity index (χ4n) is 3.83. The number of nitro groups is 1. The highest BCUT2D eigenvalue weighted by molar-refractivity contribution is 5.94. The molecule has 0 bridgehead atoms. The molecule has 3 aromatic rings. The first-order valence-electron chi connectivity index (χ1n) is 10.2. The lowest BCUT2D eigenvalue weighted by Gasteiger charge is -2.32. The van der Waals surface area contributed by atoms with Crippen molar-refractivity contribution in [2.45, 2.75) is 31.8 Å². The van der Waals surface area contributed by atoms with E-state index in [2.05, 4.69) is 25.2 Å². The number of non-ortho nitro benzene ring substituents is 1. The average molecular weight is 424 g/mol. The van der Waals surface area contributed by atoms with Crippen LogP contribution in [0.5, 0.6) is 0 Å². The number of piperidine rings is 1. The van der Waals surface area contributed by atoms with Crippen molar-refractivity contribution in [2.75, 3.05) is 25.4 Å². The maximum Gasteiger partial charge on any atom is 0.269 e. The Bertz CT molecular complexity index is 1070. The number of anilines is 1. The molecule has 1 fully saturated rings. The highest BCUT2D eigenvalue weighted by atomic mass is 16.6. The normalized spacial score (nSPS) is 15.2. The third-order valence-corrected chi connectivity index (χ3v) is 5.57. The predicted molar refractivity (Wildman–Crippen MR) is 114 cm³/mol. The van der Waals surface area contributed by atoms with Gasteiger partial charge in [-0.3, -0.25) is 14.9 Å². The second-order valence-electron chi connectivity index (χ2n) is 7.62. The van der Waals surface area contributed by atoms with Gasteiger partial charge in [-0.2, -0.15) is 0 Å². The van der Waals surface area contributed by atoms with Crippen molar-refractivity contribution < 1.29 is 9.72 Å². The molecular formula is C20H24N8O3. The van der Waals surface area contributed by atoms with Gasteiger partial charge in [-0.1, -0.05) is 0 Å². The van der Waals surface area contributed by atoms with Gasteiger partial charge in [0.25, 0.3) is 11.6 Å². The SMILES string of the molecule is Nc1ncnc2c1ncn2CCCN1CCC(NC(=O)c2ccc([N+](=O)[O-])cc2)CC1. The van der Waals surface area contributed by atoms with Gasteiger partial charge in [0.05, 0.1) is 11.3 Å². The number of likely N-dealkylation sites (tertiary alicyclic amines) is 1. The third-order valence-electron chi connectivity index (χ3n) is 5.57. The van der Waals surface area contributed by atoms with E-state index in [0.717, 1.165) is 51.1 Å². The molecule has 1 aliphatic rings. The van der Waals surface area contributed by atoms with Crippen molar-refractivity contribution in [1.82, 2.24) is 29.7 Å². The number of hydrogen-bond donors (Lipinski definition) is 2. The standard InChI is InChI=1S/C20H24N8O3/c21-18-17-19(23-12-22-18)27(13-24-17)9-1-8-26-10-6-15(7-11-26)25-20(29)14-2-4-16(5-3-14)28(30)31/h2-5,12-13,15H,1,6-11H2,(H,25,29)(H2,21,22,23). The Balaban J connectivity index is 1.21. The molecule has 1 aromatic carbocycles. The minimum atomic E-state index is -0.476. The summed E-state index contributed by atoms with van der Waals surface area (Å²) in [7, 11) is 0. The molecule has 0 unspecified atom stereocenters. The van der Waals surface area contributed by atoms with Crippen molar-refractivity contribution in [2.24, 2.45) is 0 Å². The summed E-state index contributed by atoms with van der Waals surface area (Å²) >= 11 is 0. The quantitative estimate of drug-likeness (QED) is 0.430. The summed E-state index contributed by atoms with van der Waals surface area (Å²) in [5.74, 6) is 0.197. The number of carbonyl (C=O) groups is 1. The van der Waals surface area contributed by atoms with E-state index in [4.69, 9.17) is 5.73 Å². The van der Waals surface area contributed by atoms with Crippen LogP contribution in [-0.2, 0) is 6.54 Å².